The highest BCUT2D eigenvalue weighted by Crippen LogP contribution is 2.41. The van der Waals surface area contributed by atoms with Gasteiger partial charge in [-0.2, -0.15) is 0 Å². The van der Waals surface area contributed by atoms with Crippen LogP contribution < -0.4 is 4.74 Å². The van der Waals surface area contributed by atoms with Gasteiger partial charge in [0.05, 0.1) is 19.3 Å². The van der Waals surface area contributed by atoms with Gasteiger partial charge in [-0.25, -0.2) is 0 Å². The van der Waals surface area contributed by atoms with Crippen molar-refractivity contribution < 1.29 is 9.47 Å². The van der Waals surface area contributed by atoms with Crippen LogP contribution in [-0.2, 0) is 17.6 Å². The summed E-state index contributed by atoms with van der Waals surface area (Å²) >= 11 is 0. The number of morpholine rings is 1. The molecule has 1 aliphatic carbocycles. The van der Waals surface area contributed by atoms with Gasteiger partial charge in [-0.1, -0.05) is 13.0 Å². The van der Waals surface area contributed by atoms with Crippen LogP contribution in [-0.4, -0.2) is 37.2 Å². The van der Waals surface area contributed by atoms with Crippen molar-refractivity contribution in [2.45, 2.75) is 44.8 Å². The first-order valence-electron chi connectivity index (χ1n) is 8.01. The van der Waals surface area contributed by atoms with E-state index < -0.39 is 0 Å². The molecule has 0 spiro atoms. The van der Waals surface area contributed by atoms with Crippen LogP contribution in [0.25, 0.3) is 0 Å². The molecular formula is C17H23NO2. The number of fused-ring (bicyclic) bond motifs is 4. The fourth-order valence-electron chi connectivity index (χ4n) is 4.04. The molecule has 2 atom stereocenters. The van der Waals surface area contributed by atoms with E-state index in [1.54, 1.807) is 0 Å². The third-order valence-corrected chi connectivity index (χ3v) is 4.97. The maximum atomic E-state index is 6.15. The molecule has 108 valence electrons. The highest BCUT2D eigenvalue weighted by molar-refractivity contribution is 5.47. The summed E-state index contributed by atoms with van der Waals surface area (Å²) in [5, 5.41) is 0. The van der Waals surface area contributed by atoms with Gasteiger partial charge in [0, 0.05) is 19.0 Å². The van der Waals surface area contributed by atoms with Gasteiger partial charge in [0.1, 0.15) is 5.75 Å². The summed E-state index contributed by atoms with van der Waals surface area (Å²) in [5.74, 6) is 1.10. The van der Waals surface area contributed by atoms with E-state index >= 15 is 0 Å². The standard InChI is InChI=1S/C17H23NO2/c1-2-6-18-7-9-20-17-14-11-16-13(5-8-19-16)10-12(14)3-4-15(17)18/h10-11,15,17H,2-9H2,1H3/t15-,17+/m1/s1. The van der Waals surface area contributed by atoms with Crippen LogP contribution in [0.3, 0.4) is 0 Å². The molecule has 0 bridgehead atoms. The van der Waals surface area contributed by atoms with E-state index in [-0.39, 0.29) is 6.10 Å². The van der Waals surface area contributed by atoms with E-state index in [1.807, 2.05) is 0 Å². The third kappa shape index (κ3) is 1.95. The fraction of sp³-hybridized carbons (Fsp3) is 0.647. The summed E-state index contributed by atoms with van der Waals surface area (Å²) in [5.41, 5.74) is 4.28. The molecule has 1 aromatic carbocycles. The molecule has 3 nitrogen and oxygen atoms in total. The predicted octanol–water partition coefficient (Wildman–Crippen LogP) is 2.72. The maximum Gasteiger partial charge on any atom is 0.123 e. The Balaban J connectivity index is 1.69. The lowest BCUT2D eigenvalue weighted by molar-refractivity contribution is -0.0801. The van der Waals surface area contributed by atoms with Crippen molar-refractivity contribution in [1.82, 2.24) is 4.90 Å². The Hall–Kier alpha value is -1.06. The van der Waals surface area contributed by atoms with Crippen LogP contribution in [0.1, 0.15) is 42.6 Å². The minimum Gasteiger partial charge on any atom is -0.493 e. The van der Waals surface area contributed by atoms with Crippen LogP contribution in [0.15, 0.2) is 12.1 Å². The van der Waals surface area contributed by atoms with Crippen molar-refractivity contribution in [3.05, 3.63) is 28.8 Å². The van der Waals surface area contributed by atoms with Gasteiger partial charge in [0.25, 0.3) is 0 Å². The molecule has 3 aliphatic rings. The van der Waals surface area contributed by atoms with Crippen LogP contribution in [0.4, 0.5) is 0 Å². The van der Waals surface area contributed by atoms with Gasteiger partial charge in [0.2, 0.25) is 0 Å². The van der Waals surface area contributed by atoms with Gasteiger partial charge in [-0.3, -0.25) is 4.90 Å². The molecule has 1 aromatic rings. The molecule has 1 saturated heterocycles. The van der Waals surface area contributed by atoms with E-state index in [2.05, 4.69) is 24.0 Å². The Labute approximate surface area is 120 Å². The second kappa shape index (κ2) is 5.05. The smallest absolute Gasteiger partial charge is 0.123 e. The van der Waals surface area contributed by atoms with E-state index in [1.165, 1.54) is 42.5 Å². The molecule has 2 aliphatic heterocycles. The summed E-state index contributed by atoms with van der Waals surface area (Å²) in [6.07, 6.45) is 4.97. The molecule has 4 rings (SSSR count). The fourth-order valence-corrected chi connectivity index (χ4v) is 4.04. The molecule has 0 unspecified atom stereocenters. The van der Waals surface area contributed by atoms with Crippen molar-refractivity contribution in [3.63, 3.8) is 0 Å². The molecular weight excluding hydrogens is 250 g/mol. The lowest BCUT2D eigenvalue weighted by atomic mass is 9.83. The zero-order chi connectivity index (χ0) is 13.5. The van der Waals surface area contributed by atoms with Crippen LogP contribution in [0, 0.1) is 0 Å². The second-order valence-electron chi connectivity index (χ2n) is 6.19. The van der Waals surface area contributed by atoms with E-state index in [4.69, 9.17) is 9.47 Å². The first kappa shape index (κ1) is 12.7. The first-order valence-corrected chi connectivity index (χ1v) is 8.01. The van der Waals surface area contributed by atoms with Gasteiger partial charge in [-0.05, 0) is 48.6 Å². The normalized spacial score (nSPS) is 28.4. The number of benzene rings is 1. The summed E-state index contributed by atoms with van der Waals surface area (Å²) in [6, 6.07) is 5.20. The quantitative estimate of drug-likeness (QED) is 0.827. The summed E-state index contributed by atoms with van der Waals surface area (Å²) < 4.78 is 11.9. The maximum absolute atomic E-state index is 6.15. The average Bonchev–Trinajstić information content (AvgIpc) is 2.92. The zero-order valence-electron chi connectivity index (χ0n) is 12.2. The monoisotopic (exact) mass is 273 g/mol. The van der Waals surface area contributed by atoms with Crippen molar-refractivity contribution in [3.8, 4) is 5.75 Å². The largest absolute Gasteiger partial charge is 0.493 e. The molecule has 0 saturated carbocycles. The van der Waals surface area contributed by atoms with Crippen LogP contribution in [0.2, 0.25) is 0 Å². The number of rotatable bonds is 2. The van der Waals surface area contributed by atoms with Gasteiger partial charge < -0.3 is 9.47 Å². The predicted molar refractivity (Wildman–Crippen MR) is 78.3 cm³/mol. The van der Waals surface area contributed by atoms with Crippen LogP contribution in [0.5, 0.6) is 5.75 Å². The number of hydrogen-bond donors (Lipinski definition) is 0. The molecule has 2 heterocycles. The molecule has 3 heteroatoms. The van der Waals surface area contributed by atoms with Crippen molar-refractivity contribution in [2.24, 2.45) is 0 Å². The van der Waals surface area contributed by atoms with Crippen molar-refractivity contribution >= 4 is 0 Å². The Morgan fingerprint density at radius 1 is 1.20 bits per heavy atom. The lowest BCUT2D eigenvalue weighted by Crippen LogP contribution is -2.49. The molecule has 0 amide bonds. The van der Waals surface area contributed by atoms with Crippen LogP contribution >= 0.6 is 0 Å². The SMILES string of the molecule is CCCN1CCO[C@H]2c3cc4c(cc3CC[C@H]21)CCO4. The molecule has 0 radical (unpaired) electrons. The number of ether oxygens (including phenoxy) is 2. The molecule has 1 fully saturated rings. The van der Waals surface area contributed by atoms with Gasteiger partial charge in [0.15, 0.2) is 0 Å². The van der Waals surface area contributed by atoms with Gasteiger partial charge >= 0.3 is 0 Å². The molecule has 0 N–H and O–H groups in total. The Morgan fingerprint density at radius 2 is 2.15 bits per heavy atom. The lowest BCUT2D eigenvalue weighted by Gasteiger charge is -2.44. The Morgan fingerprint density at radius 3 is 3.05 bits per heavy atom. The molecule has 20 heavy (non-hydrogen) atoms. The Kier molecular flexibility index (Phi) is 3.20. The number of nitrogens with zero attached hydrogens (tertiary/aromatic N) is 1. The summed E-state index contributed by atoms with van der Waals surface area (Å²) in [4.78, 5) is 2.63. The third-order valence-electron chi connectivity index (χ3n) is 4.97. The minimum absolute atomic E-state index is 0.258. The highest BCUT2D eigenvalue weighted by atomic mass is 16.5. The minimum atomic E-state index is 0.258. The van der Waals surface area contributed by atoms with E-state index in [9.17, 15) is 0 Å². The number of aryl methyl sites for hydroxylation is 1. The molecule has 0 aromatic heterocycles. The second-order valence-corrected chi connectivity index (χ2v) is 6.19. The zero-order valence-corrected chi connectivity index (χ0v) is 12.2. The first-order chi connectivity index (χ1) is 9.86. The topological polar surface area (TPSA) is 21.7 Å². The van der Waals surface area contributed by atoms with E-state index in [0.29, 0.717) is 6.04 Å². The summed E-state index contributed by atoms with van der Waals surface area (Å²) in [6.45, 7) is 6.25. The highest BCUT2D eigenvalue weighted by Gasteiger charge is 2.37. The van der Waals surface area contributed by atoms with Gasteiger partial charge in [-0.15, -0.1) is 0 Å². The van der Waals surface area contributed by atoms with Crippen molar-refractivity contribution in [1.29, 1.82) is 0 Å². The number of hydrogen-bond acceptors (Lipinski definition) is 3. The summed E-state index contributed by atoms with van der Waals surface area (Å²) in [7, 11) is 0. The van der Waals surface area contributed by atoms with Crippen molar-refractivity contribution in [2.75, 3.05) is 26.3 Å². The van der Waals surface area contributed by atoms with E-state index in [0.717, 1.165) is 31.9 Å². The Bertz CT molecular complexity index is 512. The average molecular weight is 273 g/mol.